The van der Waals surface area contributed by atoms with Gasteiger partial charge in [0.1, 0.15) is 6.10 Å². The summed E-state index contributed by atoms with van der Waals surface area (Å²) in [7, 11) is 0. The number of carbonyl (C=O) groups is 1. The van der Waals surface area contributed by atoms with Gasteiger partial charge in [-0.15, -0.1) is 0 Å². The third kappa shape index (κ3) is 5.63. The second-order valence-electron chi connectivity index (χ2n) is 7.37. The van der Waals surface area contributed by atoms with Gasteiger partial charge in [0.2, 0.25) is 5.88 Å². The van der Waals surface area contributed by atoms with Crippen LogP contribution in [0.25, 0.3) is 0 Å². The van der Waals surface area contributed by atoms with Gasteiger partial charge >= 0.3 is 0 Å². The van der Waals surface area contributed by atoms with E-state index in [1.54, 1.807) is 41.4 Å². The zero-order chi connectivity index (χ0) is 22.9. The largest absolute Gasteiger partial charge is 0.474 e. The second-order valence-corrected chi connectivity index (χ2v) is 7.37. The molecule has 1 aromatic carbocycles. The van der Waals surface area contributed by atoms with Crippen molar-refractivity contribution < 1.29 is 19.0 Å². The number of hydrogen-bond donors (Lipinski definition) is 2. The standard InChI is InChI=1S/C22H26N4O4.C2H6/c23-18-5-8-25-21(30-17-6-11-28-12-7-17)19(18)20(24)15-1-3-16(4-2-15)22(27)26-9-13-29-14-10-26;1-2/h1-5,8,17,24H,6-7,9-14H2,(H2,23,25);1-2H3. The molecule has 3 heterocycles. The molecule has 0 atom stereocenters. The van der Waals surface area contributed by atoms with Gasteiger partial charge in [-0.2, -0.15) is 0 Å². The fourth-order valence-corrected chi connectivity index (χ4v) is 3.62. The summed E-state index contributed by atoms with van der Waals surface area (Å²) in [6, 6.07) is 8.68. The molecule has 2 aliphatic heterocycles. The predicted molar refractivity (Wildman–Crippen MR) is 124 cm³/mol. The first-order valence-corrected chi connectivity index (χ1v) is 11.2. The van der Waals surface area contributed by atoms with E-state index >= 15 is 0 Å². The van der Waals surface area contributed by atoms with Gasteiger partial charge in [-0.1, -0.05) is 26.0 Å². The number of ether oxygens (including phenoxy) is 3. The van der Waals surface area contributed by atoms with Crippen LogP contribution in [0.3, 0.4) is 0 Å². The molecule has 2 aliphatic rings. The van der Waals surface area contributed by atoms with Crippen molar-refractivity contribution in [3.05, 3.63) is 53.2 Å². The highest BCUT2D eigenvalue weighted by molar-refractivity contribution is 6.15. The Kier molecular flexibility index (Phi) is 8.58. The quantitative estimate of drug-likeness (QED) is 0.691. The normalized spacial score (nSPS) is 16.6. The number of anilines is 1. The van der Waals surface area contributed by atoms with Crippen LogP contribution >= 0.6 is 0 Å². The molecule has 0 bridgehead atoms. The van der Waals surface area contributed by atoms with E-state index in [9.17, 15) is 4.79 Å². The summed E-state index contributed by atoms with van der Waals surface area (Å²) in [5.74, 6) is 0.334. The Morgan fingerprint density at radius 2 is 1.62 bits per heavy atom. The van der Waals surface area contributed by atoms with E-state index in [0.29, 0.717) is 67.8 Å². The first kappa shape index (κ1) is 23.7. The molecule has 3 N–H and O–H groups in total. The molecule has 4 rings (SSSR count). The molecular weight excluding hydrogens is 408 g/mol. The van der Waals surface area contributed by atoms with Gasteiger partial charge in [-0.05, 0) is 18.2 Å². The van der Waals surface area contributed by atoms with Crippen molar-refractivity contribution in [3.8, 4) is 5.88 Å². The average molecular weight is 441 g/mol. The van der Waals surface area contributed by atoms with E-state index in [1.807, 2.05) is 13.8 Å². The van der Waals surface area contributed by atoms with Crippen LogP contribution in [0.1, 0.15) is 48.2 Å². The molecule has 0 spiro atoms. The van der Waals surface area contributed by atoms with Gasteiger partial charge in [-0.3, -0.25) is 10.2 Å². The second kappa shape index (κ2) is 11.6. The Balaban J connectivity index is 0.00000141. The Bertz CT molecular complexity index is 905. The average Bonchev–Trinajstić information content (AvgIpc) is 2.86. The SMILES string of the molecule is CC.N=C(c1ccc(C(=O)N2CCOCC2)cc1)c1c(N)ccnc1OC1CCOCC1. The lowest BCUT2D eigenvalue weighted by molar-refractivity contribution is 0.0237. The van der Waals surface area contributed by atoms with Crippen LogP contribution < -0.4 is 10.5 Å². The van der Waals surface area contributed by atoms with Gasteiger partial charge in [0, 0.05) is 48.9 Å². The van der Waals surface area contributed by atoms with Crippen LogP contribution in [-0.2, 0) is 9.47 Å². The maximum atomic E-state index is 12.6. The topological polar surface area (TPSA) is 111 Å². The fourth-order valence-electron chi connectivity index (χ4n) is 3.62. The lowest BCUT2D eigenvalue weighted by atomic mass is 10.00. The summed E-state index contributed by atoms with van der Waals surface area (Å²) in [5.41, 5.74) is 8.54. The maximum Gasteiger partial charge on any atom is 0.254 e. The molecule has 0 unspecified atom stereocenters. The summed E-state index contributed by atoms with van der Waals surface area (Å²) >= 11 is 0. The third-order valence-electron chi connectivity index (χ3n) is 5.36. The number of hydrogen-bond acceptors (Lipinski definition) is 7. The number of nitrogens with one attached hydrogen (secondary N) is 1. The molecule has 0 aliphatic carbocycles. The number of aromatic nitrogens is 1. The Morgan fingerprint density at radius 1 is 1.03 bits per heavy atom. The molecule has 1 amide bonds. The van der Waals surface area contributed by atoms with E-state index in [2.05, 4.69) is 4.98 Å². The number of nitrogens with two attached hydrogens (primary N) is 1. The monoisotopic (exact) mass is 440 g/mol. The summed E-state index contributed by atoms with van der Waals surface area (Å²) in [6.07, 6.45) is 3.14. The molecular formula is C24H32N4O4. The van der Waals surface area contributed by atoms with Crippen LogP contribution in [0.4, 0.5) is 5.69 Å². The van der Waals surface area contributed by atoms with E-state index in [0.717, 1.165) is 12.8 Å². The molecule has 0 saturated carbocycles. The number of nitrogen functional groups attached to an aromatic ring is 1. The van der Waals surface area contributed by atoms with Crippen LogP contribution in [0, 0.1) is 5.41 Å². The first-order chi connectivity index (χ1) is 15.6. The minimum atomic E-state index is -0.0270. The molecule has 0 radical (unpaired) electrons. The van der Waals surface area contributed by atoms with Crippen molar-refractivity contribution in [2.45, 2.75) is 32.8 Å². The molecule has 32 heavy (non-hydrogen) atoms. The number of morpholine rings is 1. The molecule has 1 aromatic heterocycles. The van der Waals surface area contributed by atoms with Crippen LogP contribution in [0.5, 0.6) is 5.88 Å². The number of amides is 1. The molecule has 2 fully saturated rings. The van der Waals surface area contributed by atoms with Gasteiger partial charge in [0.05, 0.1) is 37.7 Å². The molecule has 2 saturated heterocycles. The smallest absolute Gasteiger partial charge is 0.254 e. The van der Waals surface area contributed by atoms with Gasteiger partial charge in [0.15, 0.2) is 0 Å². The van der Waals surface area contributed by atoms with Crippen LogP contribution in [0.2, 0.25) is 0 Å². The zero-order valence-electron chi connectivity index (χ0n) is 18.8. The van der Waals surface area contributed by atoms with Crippen molar-refractivity contribution in [3.63, 3.8) is 0 Å². The predicted octanol–water partition coefficient (Wildman–Crippen LogP) is 3.14. The molecule has 2 aromatic rings. The Hall–Kier alpha value is -2.97. The number of pyridine rings is 1. The highest BCUT2D eigenvalue weighted by Gasteiger charge is 2.22. The lowest BCUT2D eigenvalue weighted by Gasteiger charge is -2.27. The van der Waals surface area contributed by atoms with Crippen molar-refractivity contribution in [2.75, 3.05) is 45.3 Å². The molecule has 8 heteroatoms. The van der Waals surface area contributed by atoms with Gasteiger partial charge in [0.25, 0.3) is 5.91 Å². The fraction of sp³-hybridized carbons (Fsp3) is 0.458. The lowest BCUT2D eigenvalue weighted by Crippen LogP contribution is -2.40. The van der Waals surface area contributed by atoms with E-state index in [-0.39, 0.29) is 17.7 Å². The Labute approximate surface area is 189 Å². The highest BCUT2D eigenvalue weighted by Crippen LogP contribution is 2.27. The number of carbonyl (C=O) groups excluding carboxylic acids is 1. The van der Waals surface area contributed by atoms with E-state index < -0.39 is 0 Å². The van der Waals surface area contributed by atoms with Crippen molar-refractivity contribution >= 4 is 17.3 Å². The van der Waals surface area contributed by atoms with Crippen molar-refractivity contribution in [1.82, 2.24) is 9.88 Å². The highest BCUT2D eigenvalue weighted by atomic mass is 16.5. The number of rotatable bonds is 5. The molecule has 8 nitrogen and oxygen atoms in total. The summed E-state index contributed by atoms with van der Waals surface area (Å²) in [4.78, 5) is 18.7. The number of benzene rings is 1. The number of nitrogens with zero attached hydrogens (tertiary/aromatic N) is 2. The van der Waals surface area contributed by atoms with Crippen LogP contribution in [-0.4, -0.2) is 67.1 Å². The first-order valence-electron chi connectivity index (χ1n) is 11.2. The minimum Gasteiger partial charge on any atom is -0.474 e. The summed E-state index contributed by atoms with van der Waals surface area (Å²) in [5, 5.41) is 8.71. The van der Waals surface area contributed by atoms with E-state index in [4.69, 9.17) is 25.4 Å². The zero-order valence-corrected chi connectivity index (χ0v) is 18.8. The maximum absolute atomic E-state index is 12.6. The summed E-state index contributed by atoms with van der Waals surface area (Å²) < 4.78 is 16.7. The Morgan fingerprint density at radius 3 is 2.28 bits per heavy atom. The third-order valence-corrected chi connectivity index (χ3v) is 5.36. The van der Waals surface area contributed by atoms with Gasteiger partial charge in [-0.25, -0.2) is 4.98 Å². The van der Waals surface area contributed by atoms with Gasteiger partial charge < -0.3 is 24.8 Å². The van der Waals surface area contributed by atoms with Crippen LogP contribution in [0.15, 0.2) is 36.5 Å². The minimum absolute atomic E-state index is 0.00637. The molecule has 172 valence electrons. The van der Waals surface area contributed by atoms with E-state index in [1.165, 1.54) is 0 Å². The van der Waals surface area contributed by atoms with Crippen molar-refractivity contribution in [1.29, 1.82) is 5.41 Å². The van der Waals surface area contributed by atoms with Crippen molar-refractivity contribution in [2.24, 2.45) is 0 Å². The summed E-state index contributed by atoms with van der Waals surface area (Å²) in [6.45, 7) is 7.61.